The van der Waals surface area contributed by atoms with Crippen molar-refractivity contribution >= 4 is 5.69 Å². The molecule has 0 radical (unpaired) electrons. The summed E-state index contributed by atoms with van der Waals surface area (Å²) in [5.74, 6) is 0.326. The maximum Gasteiger partial charge on any atom is 0.305 e. The van der Waals surface area contributed by atoms with Gasteiger partial charge in [-0.05, 0) is 6.92 Å². The fraction of sp³-hybridized carbons (Fsp3) is 0.273. The zero-order valence-corrected chi connectivity index (χ0v) is 9.04. The molecule has 1 unspecified atom stereocenters. The number of hydrogen-bond donors (Lipinski definition) is 1. The number of nitrogens with zero attached hydrogens (tertiary/aromatic N) is 1. The second-order valence-electron chi connectivity index (χ2n) is 3.42. The molecule has 0 aliphatic rings. The first-order valence-electron chi connectivity index (χ1n) is 4.77. The van der Waals surface area contributed by atoms with E-state index in [1.807, 2.05) is 0 Å². The first-order valence-corrected chi connectivity index (χ1v) is 4.77. The third-order valence-corrected chi connectivity index (χ3v) is 2.16. The molecule has 1 aromatic rings. The molecular formula is C11H10F2N2O2. The van der Waals surface area contributed by atoms with Gasteiger partial charge in [0.05, 0.1) is 11.0 Å². The highest BCUT2D eigenvalue weighted by Crippen LogP contribution is 2.21. The Morgan fingerprint density at radius 2 is 2.18 bits per heavy atom. The van der Waals surface area contributed by atoms with Crippen LogP contribution in [-0.2, 0) is 6.54 Å². The van der Waals surface area contributed by atoms with E-state index in [9.17, 15) is 18.9 Å². The van der Waals surface area contributed by atoms with Gasteiger partial charge in [0.25, 0.3) is 0 Å². The number of nitro groups is 1. The van der Waals surface area contributed by atoms with Crippen molar-refractivity contribution in [1.29, 1.82) is 0 Å². The van der Waals surface area contributed by atoms with E-state index < -0.39 is 22.2 Å². The summed E-state index contributed by atoms with van der Waals surface area (Å²) in [7, 11) is 0. The standard InChI is InChI=1S/C11H10F2N2O2/c1-3-7(2)14-6-8-4-11(15(16)17)10(13)5-9(8)12/h1,4-5,7,14H,6H2,2H3. The van der Waals surface area contributed by atoms with Crippen molar-refractivity contribution < 1.29 is 13.7 Å². The Labute approximate surface area is 96.8 Å². The molecule has 17 heavy (non-hydrogen) atoms. The van der Waals surface area contributed by atoms with Crippen LogP contribution in [0.4, 0.5) is 14.5 Å². The van der Waals surface area contributed by atoms with Gasteiger partial charge in [-0.2, -0.15) is 4.39 Å². The third kappa shape index (κ3) is 3.23. The van der Waals surface area contributed by atoms with Crippen LogP contribution in [0, 0.1) is 34.1 Å². The Morgan fingerprint density at radius 3 is 2.71 bits per heavy atom. The largest absolute Gasteiger partial charge is 0.305 e. The zero-order valence-electron chi connectivity index (χ0n) is 9.04. The van der Waals surface area contributed by atoms with E-state index in [0.717, 1.165) is 6.07 Å². The van der Waals surface area contributed by atoms with E-state index in [4.69, 9.17) is 6.42 Å². The van der Waals surface area contributed by atoms with Gasteiger partial charge in [0.2, 0.25) is 5.82 Å². The van der Waals surface area contributed by atoms with Crippen LogP contribution in [0.15, 0.2) is 12.1 Å². The van der Waals surface area contributed by atoms with E-state index in [1.165, 1.54) is 0 Å². The van der Waals surface area contributed by atoms with Crippen LogP contribution in [0.2, 0.25) is 0 Å². The highest BCUT2D eigenvalue weighted by molar-refractivity contribution is 5.37. The van der Waals surface area contributed by atoms with Gasteiger partial charge >= 0.3 is 5.69 Å². The van der Waals surface area contributed by atoms with Gasteiger partial charge in [-0.1, -0.05) is 5.92 Å². The smallest absolute Gasteiger partial charge is 0.300 e. The Bertz CT molecular complexity index is 483. The second-order valence-corrected chi connectivity index (χ2v) is 3.42. The van der Waals surface area contributed by atoms with Gasteiger partial charge in [-0.15, -0.1) is 6.42 Å². The molecule has 6 heteroatoms. The first-order chi connectivity index (χ1) is 7.95. The van der Waals surface area contributed by atoms with E-state index in [2.05, 4.69) is 11.2 Å². The van der Waals surface area contributed by atoms with Crippen LogP contribution in [-0.4, -0.2) is 11.0 Å². The first kappa shape index (κ1) is 13.1. The Hall–Kier alpha value is -2.00. The minimum absolute atomic E-state index is 0.000185. The number of hydrogen-bond acceptors (Lipinski definition) is 3. The number of terminal acetylenes is 1. The minimum Gasteiger partial charge on any atom is -0.300 e. The summed E-state index contributed by atoms with van der Waals surface area (Å²) in [6.07, 6.45) is 5.10. The summed E-state index contributed by atoms with van der Waals surface area (Å²) in [5.41, 5.74) is -0.753. The SMILES string of the molecule is C#CC(C)NCc1cc([N+](=O)[O-])c(F)cc1F. The molecule has 1 N–H and O–H groups in total. The second kappa shape index (κ2) is 5.37. The maximum atomic E-state index is 13.3. The number of halogens is 2. The summed E-state index contributed by atoms with van der Waals surface area (Å²) in [4.78, 5) is 9.57. The molecule has 4 nitrogen and oxygen atoms in total. The monoisotopic (exact) mass is 240 g/mol. The van der Waals surface area contributed by atoms with Crippen LogP contribution in [0.1, 0.15) is 12.5 Å². The molecule has 0 saturated carbocycles. The predicted octanol–water partition coefficient (Wildman–Crippen LogP) is 1.98. The molecular weight excluding hydrogens is 230 g/mol. The summed E-state index contributed by atoms with van der Waals surface area (Å²) < 4.78 is 26.3. The van der Waals surface area contributed by atoms with Crippen molar-refractivity contribution in [3.63, 3.8) is 0 Å². The average Bonchev–Trinajstić information content (AvgIpc) is 2.26. The number of nitrogens with one attached hydrogen (secondary N) is 1. The molecule has 0 heterocycles. The molecule has 0 saturated heterocycles. The molecule has 0 aliphatic carbocycles. The third-order valence-electron chi connectivity index (χ3n) is 2.16. The summed E-state index contributed by atoms with van der Waals surface area (Å²) >= 11 is 0. The molecule has 1 atom stereocenters. The zero-order chi connectivity index (χ0) is 13.0. The molecule has 0 amide bonds. The van der Waals surface area contributed by atoms with Gasteiger partial charge in [-0.25, -0.2) is 4.39 Å². The van der Waals surface area contributed by atoms with E-state index in [-0.39, 0.29) is 18.2 Å². The molecule has 0 aliphatic heterocycles. The fourth-order valence-electron chi connectivity index (χ4n) is 1.18. The molecule has 0 fully saturated rings. The van der Waals surface area contributed by atoms with Crippen molar-refractivity contribution in [2.24, 2.45) is 0 Å². The Balaban J connectivity index is 2.97. The molecule has 0 bridgehead atoms. The van der Waals surface area contributed by atoms with Gasteiger partial charge in [0.1, 0.15) is 5.82 Å². The van der Waals surface area contributed by atoms with E-state index in [1.54, 1.807) is 6.92 Å². The lowest BCUT2D eigenvalue weighted by atomic mass is 10.1. The van der Waals surface area contributed by atoms with Gasteiger partial charge < -0.3 is 0 Å². The van der Waals surface area contributed by atoms with Crippen molar-refractivity contribution in [3.05, 3.63) is 39.4 Å². The fourth-order valence-corrected chi connectivity index (χ4v) is 1.18. The quantitative estimate of drug-likeness (QED) is 0.497. The highest BCUT2D eigenvalue weighted by Gasteiger charge is 2.18. The van der Waals surface area contributed by atoms with Crippen LogP contribution in [0.25, 0.3) is 0 Å². The molecule has 90 valence electrons. The lowest BCUT2D eigenvalue weighted by Crippen LogP contribution is -2.24. The molecule has 0 aromatic heterocycles. The molecule has 1 aromatic carbocycles. The van der Waals surface area contributed by atoms with E-state index >= 15 is 0 Å². The van der Waals surface area contributed by atoms with Gasteiger partial charge in [-0.3, -0.25) is 15.4 Å². The van der Waals surface area contributed by atoms with Crippen LogP contribution in [0.5, 0.6) is 0 Å². The van der Waals surface area contributed by atoms with Gasteiger partial charge in [0, 0.05) is 24.2 Å². The predicted molar refractivity (Wildman–Crippen MR) is 58.1 cm³/mol. The number of benzene rings is 1. The Kier molecular flexibility index (Phi) is 4.12. The summed E-state index contributed by atoms with van der Waals surface area (Å²) in [6, 6.07) is 1.05. The minimum atomic E-state index is -1.19. The van der Waals surface area contributed by atoms with Crippen molar-refractivity contribution in [1.82, 2.24) is 5.32 Å². The average molecular weight is 240 g/mol. The van der Waals surface area contributed by atoms with Crippen LogP contribution in [0.3, 0.4) is 0 Å². The van der Waals surface area contributed by atoms with Crippen molar-refractivity contribution in [2.45, 2.75) is 19.5 Å². The van der Waals surface area contributed by atoms with Crippen LogP contribution < -0.4 is 5.32 Å². The number of rotatable bonds is 4. The van der Waals surface area contributed by atoms with Crippen molar-refractivity contribution in [3.8, 4) is 12.3 Å². The molecule has 1 rings (SSSR count). The van der Waals surface area contributed by atoms with E-state index in [0.29, 0.717) is 6.07 Å². The van der Waals surface area contributed by atoms with Gasteiger partial charge in [0.15, 0.2) is 0 Å². The Morgan fingerprint density at radius 1 is 1.53 bits per heavy atom. The van der Waals surface area contributed by atoms with Crippen LogP contribution >= 0.6 is 0 Å². The normalized spacial score (nSPS) is 11.9. The maximum absolute atomic E-state index is 13.3. The topological polar surface area (TPSA) is 55.2 Å². The summed E-state index contributed by atoms with van der Waals surface area (Å²) in [5, 5.41) is 13.2. The van der Waals surface area contributed by atoms with Crippen molar-refractivity contribution in [2.75, 3.05) is 0 Å². The highest BCUT2D eigenvalue weighted by atomic mass is 19.1. The number of nitro benzene ring substituents is 1. The lowest BCUT2D eigenvalue weighted by Gasteiger charge is -2.08. The lowest BCUT2D eigenvalue weighted by molar-refractivity contribution is -0.387. The molecule has 0 spiro atoms. The summed E-state index contributed by atoms with van der Waals surface area (Å²) in [6.45, 7) is 1.67.